The average molecular weight is 439 g/mol. The minimum Gasteiger partial charge on any atom is -0.378 e. The number of morpholine rings is 1. The maximum absolute atomic E-state index is 13.3. The van der Waals surface area contributed by atoms with Crippen molar-refractivity contribution in [3.63, 3.8) is 0 Å². The van der Waals surface area contributed by atoms with Gasteiger partial charge in [-0.25, -0.2) is 0 Å². The summed E-state index contributed by atoms with van der Waals surface area (Å²) in [5.74, 6) is -0.213. The van der Waals surface area contributed by atoms with Crippen molar-refractivity contribution >= 4 is 39.9 Å². The lowest BCUT2D eigenvalue weighted by atomic mass is 10.1. The van der Waals surface area contributed by atoms with Gasteiger partial charge in [-0.05, 0) is 29.1 Å². The Bertz CT molecular complexity index is 986. The fraction of sp³-hybridized carbons (Fsp3) is 0.217. The smallest absolute Gasteiger partial charge is 0.257 e. The Morgan fingerprint density at radius 3 is 2.33 bits per heavy atom. The number of ether oxygens (including phenoxy) is 1. The van der Waals surface area contributed by atoms with E-state index in [1.165, 1.54) is 23.1 Å². The van der Waals surface area contributed by atoms with Crippen molar-refractivity contribution in [2.45, 2.75) is 10.1 Å². The van der Waals surface area contributed by atoms with Crippen molar-refractivity contribution < 1.29 is 14.3 Å². The van der Waals surface area contributed by atoms with Crippen molar-refractivity contribution in [2.24, 2.45) is 0 Å². The second kappa shape index (κ2) is 9.93. The predicted octanol–water partition coefficient (Wildman–Crippen LogP) is 4.69. The molecular formula is C23H22N2O3S2. The molecule has 1 fully saturated rings. The van der Waals surface area contributed by atoms with Gasteiger partial charge in [-0.3, -0.25) is 9.59 Å². The molecule has 0 saturated carbocycles. The van der Waals surface area contributed by atoms with Crippen LogP contribution in [0.25, 0.3) is 0 Å². The normalized spacial score (nSPS) is 14.9. The highest BCUT2D eigenvalue weighted by Gasteiger charge is 2.26. The first-order chi connectivity index (χ1) is 14.7. The van der Waals surface area contributed by atoms with E-state index in [4.69, 9.17) is 4.74 Å². The summed E-state index contributed by atoms with van der Waals surface area (Å²) in [5.41, 5.74) is 1.45. The molecule has 1 unspecified atom stereocenters. The van der Waals surface area contributed by atoms with Crippen molar-refractivity contribution in [3.05, 3.63) is 83.2 Å². The van der Waals surface area contributed by atoms with Crippen LogP contribution in [0.15, 0.2) is 77.0 Å². The molecule has 154 valence electrons. The van der Waals surface area contributed by atoms with Gasteiger partial charge in [0.15, 0.2) is 0 Å². The maximum atomic E-state index is 13.3. The monoisotopic (exact) mass is 438 g/mol. The summed E-state index contributed by atoms with van der Waals surface area (Å²) in [6.45, 7) is 2.22. The van der Waals surface area contributed by atoms with E-state index in [0.29, 0.717) is 36.9 Å². The van der Waals surface area contributed by atoms with E-state index < -0.39 is 5.25 Å². The SMILES string of the molecule is O=C(Nc1sccc1C(=O)N1CCOCC1)C(Sc1ccccc1)c1ccccc1. The molecule has 1 aliphatic rings. The largest absolute Gasteiger partial charge is 0.378 e. The summed E-state index contributed by atoms with van der Waals surface area (Å²) in [6.07, 6.45) is 0. The first-order valence-corrected chi connectivity index (χ1v) is 11.5. The minimum absolute atomic E-state index is 0.0678. The summed E-state index contributed by atoms with van der Waals surface area (Å²) in [4.78, 5) is 29.0. The van der Waals surface area contributed by atoms with Gasteiger partial charge in [0.05, 0.1) is 18.8 Å². The first kappa shape index (κ1) is 20.7. The van der Waals surface area contributed by atoms with Gasteiger partial charge in [0.1, 0.15) is 10.3 Å². The molecule has 1 aromatic heterocycles. The molecule has 1 N–H and O–H groups in total. The standard InChI is InChI=1S/C23H22N2O3S2/c26-21(20(17-7-3-1-4-8-17)30-18-9-5-2-6-10-18)24-22-19(11-16-29-22)23(27)25-12-14-28-15-13-25/h1-11,16,20H,12-15H2,(H,24,26). The number of nitrogens with zero attached hydrogens (tertiary/aromatic N) is 1. The van der Waals surface area contributed by atoms with E-state index >= 15 is 0 Å². The van der Waals surface area contributed by atoms with E-state index in [1.54, 1.807) is 11.0 Å². The van der Waals surface area contributed by atoms with Crippen molar-refractivity contribution in [2.75, 3.05) is 31.6 Å². The highest BCUT2D eigenvalue weighted by Crippen LogP contribution is 2.37. The van der Waals surface area contributed by atoms with Crippen molar-refractivity contribution in [3.8, 4) is 0 Å². The number of anilines is 1. The molecule has 1 aliphatic heterocycles. The van der Waals surface area contributed by atoms with E-state index in [2.05, 4.69) is 5.32 Å². The summed E-state index contributed by atoms with van der Waals surface area (Å²) >= 11 is 2.86. The number of carbonyl (C=O) groups excluding carboxylic acids is 2. The number of hydrogen-bond donors (Lipinski definition) is 1. The fourth-order valence-corrected chi connectivity index (χ4v) is 5.05. The number of nitrogens with one attached hydrogen (secondary N) is 1. The third-order valence-electron chi connectivity index (χ3n) is 4.77. The van der Waals surface area contributed by atoms with Crippen LogP contribution in [0, 0.1) is 0 Å². The number of carbonyl (C=O) groups is 2. The topological polar surface area (TPSA) is 58.6 Å². The van der Waals surface area contributed by atoms with Gasteiger partial charge in [-0.1, -0.05) is 48.5 Å². The molecule has 2 heterocycles. The summed E-state index contributed by atoms with van der Waals surface area (Å²) in [5, 5.41) is 5.01. The van der Waals surface area contributed by atoms with E-state index in [0.717, 1.165) is 10.5 Å². The lowest BCUT2D eigenvalue weighted by Gasteiger charge is -2.27. The van der Waals surface area contributed by atoms with Crippen LogP contribution in [-0.2, 0) is 9.53 Å². The first-order valence-electron chi connectivity index (χ1n) is 9.74. The highest BCUT2D eigenvalue weighted by atomic mass is 32.2. The zero-order chi connectivity index (χ0) is 20.8. The van der Waals surface area contributed by atoms with E-state index in [9.17, 15) is 9.59 Å². The Morgan fingerprint density at radius 1 is 0.967 bits per heavy atom. The summed E-state index contributed by atoms with van der Waals surface area (Å²) < 4.78 is 5.34. The van der Waals surface area contributed by atoms with E-state index in [1.807, 2.05) is 66.0 Å². The van der Waals surface area contributed by atoms with Gasteiger partial charge >= 0.3 is 0 Å². The highest BCUT2D eigenvalue weighted by molar-refractivity contribution is 8.00. The number of rotatable bonds is 6. The molecule has 30 heavy (non-hydrogen) atoms. The fourth-order valence-electron chi connectivity index (χ4n) is 3.22. The molecule has 0 spiro atoms. The summed E-state index contributed by atoms with van der Waals surface area (Å²) in [6, 6.07) is 21.3. The second-order valence-electron chi connectivity index (χ2n) is 6.78. The number of thioether (sulfide) groups is 1. The molecule has 0 radical (unpaired) electrons. The van der Waals surface area contributed by atoms with Crippen LogP contribution in [0.5, 0.6) is 0 Å². The number of thiophene rings is 1. The third kappa shape index (κ3) is 4.92. The molecule has 1 atom stereocenters. The van der Waals surface area contributed by atoms with E-state index in [-0.39, 0.29) is 11.8 Å². The average Bonchev–Trinajstić information content (AvgIpc) is 3.26. The predicted molar refractivity (Wildman–Crippen MR) is 121 cm³/mol. The molecule has 5 nitrogen and oxygen atoms in total. The Balaban J connectivity index is 1.54. The molecule has 7 heteroatoms. The lowest BCUT2D eigenvalue weighted by molar-refractivity contribution is -0.115. The Kier molecular flexibility index (Phi) is 6.84. The third-order valence-corrected chi connectivity index (χ3v) is 6.86. The van der Waals surface area contributed by atoms with Crippen LogP contribution in [0.3, 0.4) is 0 Å². The molecule has 0 aliphatic carbocycles. The Morgan fingerprint density at radius 2 is 1.63 bits per heavy atom. The van der Waals surface area contributed by atoms with Gasteiger partial charge in [-0.15, -0.1) is 23.1 Å². The second-order valence-corrected chi connectivity index (χ2v) is 8.87. The minimum atomic E-state index is -0.429. The quantitative estimate of drug-likeness (QED) is 0.567. The molecule has 0 bridgehead atoms. The van der Waals surface area contributed by atoms with Crippen molar-refractivity contribution in [1.82, 2.24) is 4.90 Å². The van der Waals surface area contributed by atoms with Gasteiger partial charge in [0.2, 0.25) is 5.91 Å². The number of benzene rings is 2. The van der Waals surface area contributed by atoms with Gasteiger partial charge in [0, 0.05) is 18.0 Å². The molecule has 2 amide bonds. The Hall–Kier alpha value is -2.61. The maximum Gasteiger partial charge on any atom is 0.257 e. The van der Waals surface area contributed by atoms with Crippen LogP contribution in [0.1, 0.15) is 21.2 Å². The van der Waals surface area contributed by atoms with Crippen LogP contribution >= 0.6 is 23.1 Å². The Labute approximate surface area is 184 Å². The molecule has 1 saturated heterocycles. The number of amides is 2. The molecule has 4 rings (SSSR count). The molecular weight excluding hydrogens is 416 g/mol. The molecule has 2 aromatic carbocycles. The van der Waals surface area contributed by atoms with Crippen LogP contribution in [-0.4, -0.2) is 43.0 Å². The zero-order valence-electron chi connectivity index (χ0n) is 16.3. The zero-order valence-corrected chi connectivity index (χ0v) is 18.0. The summed E-state index contributed by atoms with van der Waals surface area (Å²) in [7, 11) is 0. The van der Waals surface area contributed by atoms with Crippen LogP contribution in [0.4, 0.5) is 5.00 Å². The van der Waals surface area contributed by atoms with Gasteiger partial charge in [-0.2, -0.15) is 0 Å². The lowest BCUT2D eigenvalue weighted by Crippen LogP contribution is -2.40. The van der Waals surface area contributed by atoms with Gasteiger partial charge < -0.3 is 15.0 Å². The van der Waals surface area contributed by atoms with Crippen LogP contribution in [0.2, 0.25) is 0 Å². The van der Waals surface area contributed by atoms with Gasteiger partial charge in [0.25, 0.3) is 5.91 Å². The molecule has 3 aromatic rings. The van der Waals surface area contributed by atoms with Crippen LogP contribution < -0.4 is 5.32 Å². The van der Waals surface area contributed by atoms with Crippen molar-refractivity contribution in [1.29, 1.82) is 0 Å². The number of hydrogen-bond acceptors (Lipinski definition) is 5.